The Morgan fingerprint density at radius 1 is 1.33 bits per heavy atom. The van der Waals surface area contributed by atoms with E-state index in [0.29, 0.717) is 6.61 Å². The van der Waals surface area contributed by atoms with Gasteiger partial charge in [-0.25, -0.2) is 8.78 Å². The summed E-state index contributed by atoms with van der Waals surface area (Å²) in [5, 5.41) is 1.97. The van der Waals surface area contributed by atoms with Crippen LogP contribution in [0.1, 0.15) is 19.8 Å². The predicted octanol–water partition coefficient (Wildman–Crippen LogP) is 2.33. The SMILES string of the molecule is CCCCN1C[C@@H](N)CO1.Fc1ccccc1F. The summed E-state index contributed by atoms with van der Waals surface area (Å²) in [5.74, 6) is -1.60. The minimum atomic E-state index is -0.799. The topological polar surface area (TPSA) is 38.5 Å². The molecule has 2 rings (SSSR count). The van der Waals surface area contributed by atoms with E-state index < -0.39 is 11.6 Å². The van der Waals surface area contributed by atoms with Gasteiger partial charge >= 0.3 is 0 Å². The Hall–Kier alpha value is -1.04. The molecule has 3 nitrogen and oxygen atoms in total. The lowest BCUT2D eigenvalue weighted by Crippen LogP contribution is -2.27. The van der Waals surface area contributed by atoms with Crippen molar-refractivity contribution in [3.8, 4) is 0 Å². The van der Waals surface area contributed by atoms with Crippen LogP contribution in [0.15, 0.2) is 24.3 Å². The van der Waals surface area contributed by atoms with Gasteiger partial charge in [0, 0.05) is 19.1 Å². The molecule has 18 heavy (non-hydrogen) atoms. The Morgan fingerprint density at radius 3 is 2.33 bits per heavy atom. The van der Waals surface area contributed by atoms with Crippen LogP contribution in [0.25, 0.3) is 0 Å². The number of unbranched alkanes of at least 4 members (excludes halogenated alkanes) is 1. The molecule has 2 N–H and O–H groups in total. The van der Waals surface area contributed by atoms with Crippen LogP contribution in [-0.2, 0) is 4.84 Å². The molecule has 0 spiro atoms. The lowest BCUT2D eigenvalue weighted by atomic mass is 10.3. The summed E-state index contributed by atoms with van der Waals surface area (Å²) < 4.78 is 23.9. The molecule has 0 aliphatic carbocycles. The van der Waals surface area contributed by atoms with Crippen molar-refractivity contribution in [2.45, 2.75) is 25.8 Å². The van der Waals surface area contributed by atoms with Crippen molar-refractivity contribution in [3.63, 3.8) is 0 Å². The van der Waals surface area contributed by atoms with Crippen LogP contribution < -0.4 is 5.73 Å². The van der Waals surface area contributed by atoms with Gasteiger partial charge in [-0.05, 0) is 18.6 Å². The Morgan fingerprint density at radius 2 is 1.94 bits per heavy atom. The van der Waals surface area contributed by atoms with E-state index in [0.717, 1.165) is 25.2 Å². The fourth-order valence-electron chi connectivity index (χ4n) is 1.50. The molecular weight excluding hydrogens is 238 g/mol. The summed E-state index contributed by atoms with van der Waals surface area (Å²) in [6, 6.07) is 5.28. The molecule has 0 saturated carbocycles. The number of nitrogens with zero attached hydrogens (tertiary/aromatic N) is 1. The molecular formula is C13H20F2N2O. The molecule has 0 bridgehead atoms. The van der Waals surface area contributed by atoms with Crippen LogP contribution in [0.2, 0.25) is 0 Å². The molecule has 5 heteroatoms. The first-order chi connectivity index (χ1) is 8.63. The third kappa shape index (κ3) is 5.53. The monoisotopic (exact) mass is 258 g/mol. The Bertz CT molecular complexity index is 329. The molecule has 0 aromatic heterocycles. The second kappa shape index (κ2) is 8.13. The number of nitrogens with two attached hydrogens (primary N) is 1. The average Bonchev–Trinajstić information content (AvgIpc) is 2.77. The second-order valence-electron chi connectivity index (χ2n) is 4.21. The second-order valence-corrected chi connectivity index (χ2v) is 4.21. The molecule has 1 aromatic carbocycles. The highest BCUT2D eigenvalue weighted by Crippen LogP contribution is 2.04. The lowest BCUT2D eigenvalue weighted by molar-refractivity contribution is -0.110. The smallest absolute Gasteiger partial charge is 0.158 e. The van der Waals surface area contributed by atoms with Crippen molar-refractivity contribution in [2.75, 3.05) is 19.7 Å². The Kier molecular flexibility index (Phi) is 6.78. The van der Waals surface area contributed by atoms with Crippen molar-refractivity contribution in [2.24, 2.45) is 5.73 Å². The third-order valence-electron chi connectivity index (χ3n) is 2.49. The van der Waals surface area contributed by atoms with E-state index in [-0.39, 0.29) is 6.04 Å². The summed E-state index contributed by atoms with van der Waals surface area (Å²) in [5.41, 5.74) is 5.63. The molecule has 1 atom stereocenters. The normalized spacial score (nSPS) is 19.4. The van der Waals surface area contributed by atoms with Gasteiger partial charge in [-0.2, -0.15) is 5.06 Å². The summed E-state index contributed by atoms with van der Waals surface area (Å²) in [7, 11) is 0. The number of benzene rings is 1. The highest BCUT2D eigenvalue weighted by Gasteiger charge is 2.18. The Balaban J connectivity index is 0.000000184. The van der Waals surface area contributed by atoms with E-state index in [2.05, 4.69) is 6.92 Å². The Labute approximate surface area is 106 Å². The zero-order chi connectivity index (χ0) is 13.4. The van der Waals surface area contributed by atoms with Gasteiger partial charge in [-0.3, -0.25) is 4.84 Å². The molecule has 1 heterocycles. The third-order valence-corrected chi connectivity index (χ3v) is 2.49. The lowest BCUT2D eigenvalue weighted by Gasteiger charge is -2.11. The van der Waals surface area contributed by atoms with Gasteiger partial charge in [-0.1, -0.05) is 25.5 Å². The highest BCUT2D eigenvalue weighted by atomic mass is 19.2. The predicted molar refractivity (Wildman–Crippen MR) is 66.8 cm³/mol. The molecule has 0 unspecified atom stereocenters. The van der Waals surface area contributed by atoms with Gasteiger partial charge in [0.1, 0.15) is 0 Å². The van der Waals surface area contributed by atoms with Crippen molar-refractivity contribution >= 4 is 0 Å². The zero-order valence-corrected chi connectivity index (χ0v) is 10.6. The number of hydroxylamine groups is 2. The first kappa shape index (κ1) is 15.0. The van der Waals surface area contributed by atoms with Gasteiger partial charge in [-0.15, -0.1) is 0 Å². The standard InChI is InChI=1S/C7H16N2O.C6H4F2/c1-2-3-4-9-5-7(8)6-10-9;7-5-3-1-2-4-6(5)8/h7H,2-6,8H2,1H3;1-4H/t7-;/m1./s1. The number of halogens is 2. The maximum atomic E-state index is 11.9. The minimum absolute atomic E-state index is 0.233. The molecule has 1 fully saturated rings. The van der Waals surface area contributed by atoms with Crippen LogP contribution in [0.5, 0.6) is 0 Å². The molecule has 1 aliphatic heterocycles. The summed E-state index contributed by atoms with van der Waals surface area (Å²) in [4.78, 5) is 5.28. The maximum Gasteiger partial charge on any atom is 0.158 e. The summed E-state index contributed by atoms with van der Waals surface area (Å²) >= 11 is 0. The van der Waals surface area contributed by atoms with Crippen molar-refractivity contribution < 1.29 is 13.6 Å². The van der Waals surface area contributed by atoms with Crippen molar-refractivity contribution in [1.29, 1.82) is 0 Å². The van der Waals surface area contributed by atoms with Gasteiger partial charge in [0.25, 0.3) is 0 Å². The van der Waals surface area contributed by atoms with Crippen LogP contribution in [0, 0.1) is 11.6 Å². The molecule has 0 amide bonds. The first-order valence-corrected chi connectivity index (χ1v) is 6.17. The summed E-state index contributed by atoms with van der Waals surface area (Å²) in [6.45, 7) is 4.81. The number of hydrogen-bond donors (Lipinski definition) is 1. The van der Waals surface area contributed by atoms with Gasteiger partial charge in [0.2, 0.25) is 0 Å². The van der Waals surface area contributed by atoms with E-state index in [1.165, 1.54) is 25.0 Å². The maximum absolute atomic E-state index is 11.9. The van der Waals surface area contributed by atoms with Gasteiger partial charge in [0.05, 0.1) is 6.61 Å². The molecule has 102 valence electrons. The molecule has 1 aliphatic rings. The van der Waals surface area contributed by atoms with E-state index >= 15 is 0 Å². The first-order valence-electron chi connectivity index (χ1n) is 6.17. The van der Waals surface area contributed by atoms with Crippen LogP contribution in [-0.4, -0.2) is 30.8 Å². The number of rotatable bonds is 3. The van der Waals surface area contributed by atoms with Crippen LogP contribution in [0.3, 0.4) is 0 Å². The molecule has 1 aromatic rings. The zero-order valence-electron chi connectivity index (χ0n) is 10.6. The van der Waals surface area contributed by atoms with E-state index in [4.69, 9.17) is 10.6 Å². The molecule has 0 radical (unpaired) electrons. The van der Waals surface area contributed by atoms with Crippen LogP contribution in [0.4, 0.5) is 8.78 Å². The quantitative estimate of drug-likeness (QED) is 0.904. The van der Waals surface area contributed by atoms with E-state index in [1.54, 1.807) is 0 Å². The highest BCUT2D eigenvalue weighted by molar-refractivity contribution is 5.05. The number of hydrogen-bond acceptors (Lipinski definition) is 3. The van der Waals surface area contributed by atoms with Gasteiger partial charge < -0.3 is 5.73 Å². The van der Waals surface area contributed by atoms with E-state index in [1.807, 2.05) is 5.06 Å². The molecule has 1 saturated heterocycles. The van der Waals surface area contributed by atoms with E-state index in [9.17, 15) is 8.78 Å². The average molecular weight is 258 g/mol. The van der Waals surface area contributed by atoms with Gasteiger partial charge in [0.15, 0.2) is 11.6 Å². The fourth-order valence-corrected chi connectivity index (χ4v) is 1.50. The minimum Gasteiger partial charge on any atom is -0.325 e. The van der Waals surface area contributed by atoms with Crippen LogP contribution >= 0.6 is 0 Å². The largest absolute Gasteiger partial charge is 0.325 e. The van der Waals surface area contributed by atoms with Crippen molar-refractivity contribution in [3.05, 3.63) is 35.9 Å². The fraction of sp³-hybridized carbons (Fsp3) is 0.538. The van der Waals surface area contributed by atoms with Crippen molar-refractivity contribution in [1.82, 2.24) is 5.06 Å². The summed E-state index contributed by atoms with van der Waals surface area (Å²) in [6.07, 6.45) is 2.42.